The fourth-order valence-corrected chi connectivity index (χ4v) is 2.84. The van der Waals surface area contributed by atoms with E-state index in [2.05, 4.69) is 42.3 Å². The number of methoxy groups -OCH3 is 1. The van der Waals surface area contributed by atoms with Crippen molar-refractivity contribution >= 4 is 0 Å². The first-order valence-electron chi connectivity index (χ1n) is 7.31. The lowest BCUT2D eigenvalue weighted by Gasteiger charge is -2.25. The molecular formula is C16H26N2O. The highest BCUT2D eigenvalue weighted by molar-refractivity contribution is 5.30. The summed E-state index contributed by atoms with van der Waals surface area (Å²) in [6, 6.07) is 9.18. The molecule has 0 aromatic heterocycles. The Balaban J connectivity index is 1.86. The van der Waals surface area contributed by atoms with E-state index in [1.54, 1.807) is 7.11 Å². The van der Waals surface area contributed by atoms with Crippen LogP contribution in [0.15, 0.2) is 24.3 Å². The van der Waals surface area contributed by atoms with Gasteiger partial charge in [-0.15, -0.1) is 0 Å². The van der Waals surface area contributed by atoms with Crippen LogP contribution in [0.4, 0.5) is 0 Å². The zero-order chi connectivity index (χ0) is 13.7. The fraction of sp³-hybridized carbons (Fsp3) is 0.625. The molecule has 1 aliphatic rings. The van der Waals surface area contributed by atoms with Crippen LogP contribution in [0.3, 0.4) is 0 Å². The van der Waals surface area contributed by atoms with Gasteiger partial charge in [0.05, 0.1) is 7.11 Å². The topological polar surface area (TPSA) is 24.5 Å². The highest BCUT2D eigenvalue weighted by Gasteiger charge is 2.16. The first kappa shape index (κ1) is 14.4. The summed E-state index contributed by atoms with van der Waals surface area (Å²) in [7, 11) is 1.72. The van der Waals surface area contributed by atoms with Gasteiger partial charge in [0.25, 0.3) is 0 Å². The van der Waals surface area contributed by atoms with Gasteiger partial charge in [0.15, 0.2) is 0 Å². The van der Waals surface area contributed by atoms with Gasteiger partial charge in [0.2, 0.25) is 0 Å². The second kappa shape index (κ2) is 6.92. The molecule has 2 unspecified atom stereocenters. The van der Waals surface area contributed by atoms with Gasteiger partial charge in [0.1, 0.15) is 5.75 Å². The van der Waals surface area contributed by atoms with Crippen molar-refractivity contribution in [3.8, 4) is 5.75 Å². The van der Waals surface area contributed by atoms with E-state index >= 15 is 0 Å². The van der Waals surface area contributed by atoms with Gasteiger partial charge in [-0.05, 0) is 57.5 Å². The summed E-state index contributed by atoms with van der Waals surface area (Å²) in [4.78, 5) is 2.55. The van der Waals surface area contributed by atoms with Crippen LogP contribution in [0.2, 0.25) is 0 Å². The Hall–Kier alpha value is -1.06. The van der Waals surface area contributed by atoms with E-state index in [0.717, 1.165) is 12.3 Å². The van der Waals surface area contributed by atoms with E-state index in [9.17, 15) is 0 Å². The molecule has 1 saturated heterocycles. The van der Waals surface area contributed by atoms with Crippen LogP contribution in [0.5, 0.6) is 5.75 Å². The number of rotatable bonds is 6. The first-order valence-corrected chi connectivity index (χ1v) is 7.31. The second-order valence-electron chi connectivity index (χ2n) is 5.57. The van der Waals surface area contributed by atoms with Crippen molar-refractivity contribution in [3.63, 3.8) is 0 Å². The van der Waals surface area contributed by atoms with Crippen LogP contribution in [0, 0.1) is 0 Å². The van der Waals surface area contributed by atoms with E-state index in [1.165, 1.54) is 31.5 Å². The Morgan fingerprint density at radius 1 is 1.26 bits per heavy atom. The molecule has 1 heterocycles. The number of hydrogen-bond donors (Lipinski definition) is 1. The summed E-state index contributed by atoms with van der Waals surface area (Å²) >= 11 is 0. The van der Waals surface area contributed by atoms with E-state index in [0.29, 0.717) is 12.1 Å². The molecule has 1 fully saturated rings. The third-order valence-electron chi connectivity index (χ3n) is 3.86. The maximum atomic E-state index is 5.28. The van der Waals surface area contributed by atoms with Crippen molar-refractivity contribution in [2.24, 2.45) is 0 Å². The Morgan fingerprint density at radius 2 is 2.00 bits per heavy atom. The zero-order valence-electron chi connectivity index (χ0n) is 12.4. The largest absolute Gasteiger partial charge is 0.497 e. The van der Waals surface area contributed by atoms with Crippen molar-refractivity contribution in [1.29, 1.82) is 0 Å². The Morgan fingerprint density at radius 3 is 2.68 bits per heavy atom. The molecule has 0 saturated carbocycles. The normalized spacial score (nSPS) is 19.3. The monoisotopic (exact) mass is 262 g/mol. The Bertz CT molecular complexity index is 388. The maximum Gasteiger partial charge on any atom is 0.119 e. The number of ether oxygens (including phenoxy) is 1. The van der Waals surface area contributed by atoms with E-state index in [-0.39, 0.29) is 0 Å². The third kappa shape index (κ3) is 4.22. The van der Waals surface area contributed by atoms with Gasteiger partial charge in [-0.25, -0.2) is 0 Å². The third-order valence-corrected chi connectivity index (χ3v) is 3.86. The molecular weight excluding hydrogens is 236 g/mol. The minimum Gasteiger partial charge on any atom is -0.497 e. The number of nitrogens with zero attached hydrogens (tertiary/aromatic N) is 1. The molecule has 3 heteroatoms. The van der Waals surface area contributed by atoms with Crippen LogP contribution in [-0.2, 0) is 0 Å². The average Bonchev–Trinajstić information content (AvgIpc) is 2.91. The summed E-state index contributed by atoms with van der Waals surface area (Å²) in [6.07, 6.45) is 2.72. The number of benzene rings is 1. The van der Waals surface area contributed by atoms with Gasteiger partial charge < -0.3 is 15.0 Å². The molecule has 1 aromatic rings. The molecule has 19 heavy (non-hydrogen) atoms. The van der Waals surface area contributed by atoms with Crippen molar-refractivity contribution in [2.45, 2.75) is 38.8 Å². The van der Waals surface area contributed by atoms with Crippen LogP contribution in [-0.4, -0.2) is 37.7 Å². The summed E-state index contributed by atoms with van der Waals surface area (Å²) in [5, 5.41) is 3.68. The minimum absolute atomic E-state index is 0.354. The molecule has 0 spiro atoms. The molecule has 0 amide bonds. The standard InChI is InChI=1S/C16H26N2O/c1-13(12-18-9-4-5-10-18)17-14(2)15-7-6-8-16(11-15)19-3/h6-8,11,13-14,17H,4-5,9-10,12H2,1-3H3. The molecule has 0 radical (unpaired) electrons. The Kier molecular flexibility index (Phi) is 5.23. The van der Waals surface area contributed by atoms with Crippen molar-refractivity contribution < 1.29 is 4.74 Å². The van der Waals surface area contributed by atoms with Crippen LogP contribution < -0.4 is 10.1 Å². The molecule has 0 aliphatic carbocycles. The molecule has 2 rings (SSSR count). The highest BCUT2D eigenvalue weighted by atomic mass is 16.5. The Labute approximate surface area is 116 Å². The molecule has 0 bridgehead atoms. The van der Waals surface area contributed by atoms with Crippen molar-refractivity contribution in [3.05, 3.63) is 29.8 Å². The second-order valence-corrected chi connectivity index (χ2v) is 5.57. The first-order chi connectivity index (χ1) is 9.19. The van der Waals surface area contributed by atoms with Crippen molar-refractivity contribution in [2.75, 3.05) is 26.7 Å². The van der Waals surface area contributed by atoms with Crippen molar-refractivity contribution in [1.82, 2.24) is 10.2 Å². The predicted molar refractivity (Wildman–Crippen MR) is 79.7 cm³/mol. The molecule has 2 atom stereocenters. The fourth-order valence-electron chi connectivity index (χ4n) is 2.84. The minimum atomic E-state index is 0.354. The van der Waals surface area contributed by atoms with Crippen LogP contribution >= 0.6 is 0 Å². The smallest absolute Gasteiger partial charge is 0.119 e. The van der Waals surface area contributed by atoms with E-state index < -0.39 is 0 Å². The van der Waals surface area contributed by atoms with Crippen LogP contribution in [0.25, 0.3) is 0 Å². The summed E-state index contributed by atoms with van der Waals surface area (Å²) in [5.74, 6) is 0.929. The number of nitrogens with one attached hydrogen (secondary N) is 1. The van der Waals surface area contributed by atoms with Gasteiger partial charge in [-0.1, -0.05) is 12.1 Å². The molecule has 1 aliphatic heterocycles. The zero-order valence-corrected chi connectivity index (χ0v) is 12.4. The number of likely N-dealkylation sites (tertiary alicyclic amines) is 1. The SMILES string of the molecule is COc1cccc(C(C)NC(C)CN2CCCC2)c1. The lowest BCUT2D eigenvalue weighted by atomic mass is 10.1. The quantitative estimate of drug-likeness (QED) is 0.853. The molecule has 1 N–H and O–H groups in total. The van der Waals surface area contributed by atoms with Gasteiger partial charge in [-0.3, -0.25) is 0 Å². The number of hydrogen-bond acceptors (Lipinski definition) is 3. The average molecular weight is 262 g/mol. The van der Waals surface area contributed by atoms with Crippen LogP contribution in [0.1, 0.15) is 38.3 Å². The summed E-state index contributed by atoms with van der Waals surface area (Å²) in [6.45, 7) is 8.16. The van der Waals surface area contributed by atoms with Gasteiger partial charge >= 0.3 is 0 Å². The molecule has 106 valence electrons. The lowest BCUT2D eigenvalue weighted by Crippen LogP contribution is -2.39. The van der Waals surface area contributed by atoms with Gasteiger partial charge in [-0.2, -0.15) is 0 Å². The predicted octanol–water partition coefficient (Wildman–Crippen LogP) is 2.83. The maximum absolute atomic E-state index is 5.28. The highest BCUT2D eigenvalue weighted by Crippen LogP contribution is 2.19. The summed E-state index contributed by atoms with van der Waals surface area (Å²) in [5.41, 5.74) is 1.28. The van der Waals surface area contributed by atoms with E-state index in [1.807, 2.05) is 6.07 Å². The van der Waals surface area contributed by atoms with Gasteiger partial charge in [0, 0.05) is 18.6 Å². The van der Waals surface area contributed by atoms with E-state index in [4.69, 9.17) is 4.74 Å². The molecule has 3 nitrogen and oxygen atoms in total. The molecule has 1 aromatic carbocycles. The summed E-state index contributed by atoms with van der Waals surface area (Å²) < 4.78 is 5.28. The lowest BCUT2D eigenvalue weighted by molar-refractivity contribution is 0.289.